The maximum absolute atomic E-state index is 12.6. The fourth-order valence-electron chi connectivity index (χ4n) is 3.09. The van der Waals surface area contributed by atoms with Gasteiger partial charge in [-0.25, -0.2) is 0 Å². The van der Waals surface area contributed by atoms with E-state index in [1.54, 1.807) is 12.1 Å². The molecule has 1 amide bonds. The van der Waals surface area contributed by atoms with Gasteiger partial charge in [0.25, 0.3) is 5.91 Å². The molecule has 0 aliphatic heterocycles. The SMILES string of the molecule is CCOc1cc(/C=C(\C#N)C(=O)Nc2cccc(C)c2)cc(I)c1OCc1cccc(Cl)c1. The van der Waals surface area contributed by atoms with E-state index in [1.807, 2.05) is 68.4 Å². The van der Waals surface area contributed by atoms with Crippen LogP contribution in [-0.4, -0.2) is 12.5 Å². The minimum Gasteiger partial charge on any atom is -0.490 e. The number of nitrogens with one attached hydrogen (secondary N) is 1. The predicted octanol–water partition coefficient (Wildman–Crippen LogP) is 6.78. The average Bonchev–Trinajstić information content (AvgIpc) is 2.77. The summed E-state index contributed by atoms with van der Waals surface area (Å²) >= 11 is 8.21. The summed E-state index contributed by atoms with van der Waals surface area (Å²) in [4.78, 5) is 12.6. The summed E-state index contributed by atoms with van der Waals surface area (Å²) in [6, 6.07) is 20.4. The molecule has 0 heterocycles. The number of rotatable bonds is 8. The minimum atomic E-state index is -0.475. The number of amides is 1. The lowest BCUT2D eigenvalue weighted by atomic mass is 10.1. The van der Waals surface area contributed by atoms with Crippen molar-refractivity contribution in [3.63, 3.8) is 0 Å². The van der Waals surface area contributed by atoms with Gasteiger partial charge in [-0.2, -0.15) is 5.26 Å². The molecule has 0 radical (unpaired) electrons. The van der Waals surface area contributed by atoms with Crippen LogP contribution in [0, 0.1) is 21.8 Å². The molecule has 0 bridgehead atoms. The number of hydrogen-bond donors (Lipinski definition) is 1. The number of aryl methyl sites for hydroxylation is 1. The van der Waals surface area contributed by atoms with E-state index in [0.717, 1.165) is 14.7 Å². The van der Waals surface area contributed by atoms with E-state index >= 15 is 0 Å². The summed E-state index contributed by atoms with van der Waals surface area (Å²) in [7, 11) is 0. The molecule has 0 unspecified atom stereocenters. The van der Waals surface area contributed by atoms with Crippen LogP contribution in [0.5, 0.6) is 11.5 Å². The Kier molecular flexibility index (Phi) is 8.75. The molecule has 5 nitrogen and oxygen atoms in total. The van der Waals surface area contributed by atoms with E-state index in [4.69, 9.17) is 21.1 Å². The zero-order valence-corrected chi connectivity index (χ0v) is 21.1. The summed E-state index contributed by atoms with van der Waals surface area (Å²) in [5, 5.41) is 13.0. The molecule has 3 aromatic carbocycles. The first-order valence-corrected chi connectivity index (χ1v) is 11.7. The molecule has 0 aliphatic carbocycles. The molecular formula is C26H22ClIN2O3. The first-order valence-electron chi connectivity index (χ1n) is 10.2. The average molecular weight is 573 g/mol. The second kappa shape index (κ2) is 11.7. The molecule has 7 heteroatoms. The van der Waals surface area contributed by atoms with Crippen molar-refractivity contribution in [2.45, 2.75) is 20.5 Å². The minimum absolute atomic E-state index is 0.0117. The van der Waals surface area contributed by atoms with Crippen LogP contribution in [0.4, 0.5) is 5.69 Å². The molecule has 0 spiro atoms. The first-order chi connectivity index (χ1) is 15.9. The molecule has 0 saturated heterocycles. The Morgan fingerprint density at radius 1 is 1.15 bits per heavy atom. The van der Waals surface area contributed by atoms with Crippen molar-refractivity contribution < 1.29 is 14.3 Å². The van der Waals surface area contributed by atoms with Crippen molar-refractivity contribution in [3.8, 4) is 17.6 Å². The highest BCUT2D eigenvalue weighted by Crippen LogP contribution is 2.35. The molecule has 168 valence electrons. The van der Waals surface area contributed by atoms with Gasteiger partial charge in [-0.3, -0.25) is 4.79 Å². The van der Waals surface area contributed by atoms with Crippen molar-refractivity contribution in [2.24, 2.45) is 0 Å². The second-order valence-corrected chi connectivity index (χ2v) is 8.77. The second-order valence-electron chi connectivity index (χ2n) is 7.18. The van der Waals surface area contributed by atoms with Crippen LogP contribution in [-0.2, 0) is 11.4 Å². The fraction of sp³-hybridized carbons (Fsp3) is 0.154. The van der Waals surface area contributed by atoms with Crippen LogP contribution in [0.25, 0.3) is 6.08 Å². The van der Waals surface area contributed by atoms with Crippen LogP contribution in [0.15, 0.2) is 66.2 Å². The van der Waals surface area contributed by atoms with Gasteiger partial charge in [0.05, 0.1) is 10.2 Å². The lowest BCUT2D eigenvalue weighted by molar-refractivity contribution is -0.112. The van der Waals surface area contributed by atoms with E-state index in [1.165, 1.54) is 6.08 Å². The van der Waals surface area contributed by atoms with Gasteiger partial charge in [0.15, 0.2) is 11.5 Å². The number of benzene rings is 3. The van der Waals surface area contributed by atoms with Gasteiger partial charge < -0.3 is 14.8 Å². The molecule has 33 heavy (non-hydrogen) atoms. The summed E-state index contributed by atoms with van der Waals surface area (Å²) < 4.78 is 12.6. The van der Waals surface area contributed by atoms with Gasteiger partial charge in [-0.1, -0.05) is 35.9 Å². The number of ether oxygens (including phenoxy) is 2. The van der Waals surface area contributed by atoms with Gasteiger partial charge in [0.1, 0.15) is 18.2 Å². The molecule has 0 aliphatic rings. The van der Waals surface area contributed by atoms with Crippen molar-refractivity contribution >= 4 is 51.9 Å². The number of halogens is 2. The van der Waals surface area contributed by atoms with E-state index in [9.17, 15) is 10.1 Å². The van der Waals surface area contributed by atoms with Crippen molar-refractivity contribution in [3.05, 3.63) is 91.5 Å². The molecule has 3 rings (SSSR count). The van der Waals surface area contributed by atoms with Crippen LogP contribution < -0.4 is 14.8 Å². The van der Waals surface area contributed by atoms with Crippen LogP contribution >= 0.6 is 34.2 Å². The summed E-state index contributed by atoms with van der Waals surface area (Å²) in [6.07, 6.45) is 1.54. The van der Waals surface area contributed by atoms with Gasteiger partial charge in [-0.05, 0) is 95.6 Å². The standard InChI is InChI=1S/C26H22ClIN2O3/c1-3-32-24-14-19(11-20(15-29)26(31)30-22-9-4-6-17(2)10-22)13-23(28)25(24)33-16-18-7-5-8-21(27)12-18/h4-14H,3,16H2,1-2H3,(H,30,31)/b20-11+. The third-order valence-electron chi connectivity index (χ3n) is 4.56. The molecule has 3 aromatic rings. The largest absolute Gasteiger partial charge is 0.490 e. The Labute approximate surface area is 212 Å². The van der Waals surface area contributed by atoms with E-state index in [2.05, 4.69) is 27.9 Å². The zero-order valence-electron chi connectivity index (χ0n) is 18.2. The van der Waals surface area contributed by atoms with E-state index < -0.39 is 5.91 Å². The third-order valence-corrected chi connectivity index (χ3v) is 5.59. The molecule has 0 aromatic heterocycles. The quantitative estimate of drug-likeness (QED) is 0.184. The van der Waals surface area contributed by atoms with Gasteiger partial charge >= 0.3 is 0 Å². The van der Waals surface area contributed by atoms with Crippen molar-refractivity contribution in [2.75, 3.05) is 11.9 Å². The zero-order chi connectivity index (χ0) is 23.8. The molecule has 0 saturated carbocycles. The maximum atomic E-state index is 12.6. The lowest BCUT2D eigenvalue weighted by Gasteiger charge is -2.15. The smallest absolute Gasteiger partial charge is 0.266 e. The maximum Gasteiger partial charge on any atom is 0.266 e. The normalized spacial score (nSPS) is 10.9. The number of carbonyl (C=O) groups is 1. The lowest BCUT2D eigenvalue weighted by Crippen LogP contribution is -2.13. The summed E-state index contributed by atoms with van der Waals surface area (Å²) in [5.41, 5.74) is 3.23. The summed E-state index contributed by atoms with van der Waals surface area (Å²) in [6.45, 7) is 4.58. The van der Waals surface area contributed by atoms with Crippen LogP contribution in [0.1, 0.15) is 23.6 Å². The van der Waals surface area contributed by atoms with Gasteiger partial charge in [-0.15, -0.1) is 0 Å². The summed E-state index contributed by atoms with van der Waals surface area (Å²) in [5.74, 6) is 0.656. The number of hydrogen-bond acceptors (Lipinski definition) is 4. The Hall–Kier alpha value is -3.02. The Bertz CT molecular complexity index is 1230. The monoisotopic (exact) mass is 572 g/mol. The van der Waals surface area contributed by atoms with Crippen molar-refractivity contribution in [1.82, 2.24) is 0 Å². The predicted molar refractivity (Wildman–Crippen MR) is 140 cm³/mol. The highest BCUT2D eigenvalue weighted by molar-refractivity contribution is 14.1. The molecule has 0 fully saturated rings. The number of nitriles is 1. The molecular weight excluding hydrogens is 551 g/mol. The molecule has 1 N–H and O–H groups in total. The highest BCUT2D eigenvalue weighted by atomic mass is 127. The fourth-order valence-corrected chi connectivity index (χ4v) is 4.09. The highest BCUT2D eigenvalue weighted by Gasteiger charge is 2.15. The Morgan fingerprint density at radius 2 is 1.94 bits per heavy atom. The third kappa shape index (κ3) is 6.98. The number of anilines is 1. The Balaban J connectivity index is 1.85. The van der Waals surface area contributed by atoms with Gasteiger partial charge in [0.2, 0.25) is 0 Å². The van der Waals surface area contributed by atoms with Gasteiger partial charge in [0, 0.05) is 10.7 Å². The topological polar surface area (TPSA) is 71.3 Å². The Morgan fingerprint density at radius 3 is 2.64 bits per heavy atom. The first kappa shape index (κ1) is 24.6. The number of carbonyl (C=O) groups excluding carboxylic acids is 1. The van der Waals surface area contributed by atoms with E-state index in [0.29, 0.717) is 41.0 Å². The van der Waals surface area contributed by atoms with Crippen molar-refractivity contribution in [1.29, 1.82) is 5.26 Å². The van der Waals surface area contributed by atoms with Crippen LogP contribution in [0.3, 0.4) is 0 Å². The van der Waals surface area contributed by atoms with E-state index in [-0.39, 0.29) is 5.57 Å². The number of nitrogens with zero attached hydrogens (tertiary/aromatic N) is 1. The molecule has 0 atom stereocenters. The van der Waals surface area contributed by atoms with Crippen LogP contribution in [0.2, 0.25) is 5.02 Å².